The lowest BCUT2D eigenvalue weighted by Crippen LogP contribution is -2.43. The van der Waals surface area contributed by atoms with Gasteiger partial charge in [0.1, 0.15) is 11.0 Å². The van der Waals surface area contributed by atoms with Gasteiger partial charge in [0.15, 0.2) is 0 Å². The molecule has 12 heteroatoms. The molecule has 1 aliphatic carbocycles. The van der Waals surface area contributed by atoms with E-state index in [1.807, 2.05) is 0 Å². The van der Waals surface area contributed by atoms with Crippen LogP contribution in [0.2, 0.25) is 5.02 Å². The fraction of sp³-hybridized carbons (Fsp3) is 0.435. The maximum atomic E-state index is 13.3. The molecule has 1 aromatic heterocycles. The van der Waals surface area contributed by atoms with Crippen molar-refractivity contribution in [3.63, 3.8) is 0 Å². The summed E-state index contributed by atoms with van der Waals surface area (Å²) in [6.07, 6.45) is 3.32. The monoisotopic (exact) mass is 539 g/mol. The van der Waals surface area contributed by atoms with Crippen LogP contribution in [0.5, 0.6) is 0 Å². The number of fused-ring (bicyclic) bond motifs is 1. The number of anilines is 1. The zero-order valence-corrected chi connectivity index (χ0v) is 21.5. The fourth-order valence-electron chi connectivity index (χ4n) is 4.44. The lowest BCUT2D eigenvalue weighted by Gasteiger charge is -2.23. The number of benzene rings is 1. The first-order valence-electron chi connectivity index (χ1n) is 11.4. The molecule has 0 bridgehead atoms. The molecule has 1 atom stereocenters. The number of ether oxygens (including phenoxy) is 1. The number of carbonyl (C=O) groups excluding carboxylic acids is 3. The summed E-state index contributed by atoms with van der Waals surface area (Å²) >= 11 is 7.19. The second-order valence-corrected chi connectivity index (χ2v) is 11.7. The Kier molecular flexibility index (Phi) is 7.80. The van der Waals surface area contributed by atoms with Gasteiger partial charge in [0.2, 0.25) is 15.9 Å². The molecule has 1 saturated heterocycles. The molecule has 35 heavy (non-hydrogen) atoms. The number of thiophene rings is 1. The number of carbonyl (C=O) groups is 3. The van der Waals surface area contributed by atoms with Gasteiger partial charge in [-0.25, -0.2) is 13.2 Å². The molecule has 1 aliphatic heterocycles. The van der Waals surface area contributed by atoms with E-state index in [0.29, 0.717) is 29.3 Å². The van der Waals surface area contributed by atoms with Gasteiger partial charge in [-0.2, -0.15) is 4.31 Å². The summed E-state index contributed by atoms with van der Waals surface area (Å²) in [4.78, 5) is 39.2. The van der Waals surface area contributed by atoms with Gasteiger partial charge in [-0.1, -0.05) is 11.6 Å². The molecule has 2 heterocycles. The van der Waals surface area contributed by atoms with Crippen LogP contribution in [0.3, 0.4) is 0 Å². The second-order valence-electron chi connectivity index (χ2n) is 8.31. The molecule has 0 saturated carbocycles. The highest BCUT2D eigenvalue weighted by Gasteiger charge is 2.40. The number of sulfonamides is 1. The normalized spacial score (nSPS) is 18.1. The highest BCUT2D eigenvalue weighted by Crippen LogP contribution is 2.39. The average Bonchev–Trinajstić information content (AvgIpc) is 3.45. The van der Waals surface area contributed by atoms with Crippen LogP contribution in [0.1, 0.15) is 53.4 Å². The Morgan fingerprint density at radius 1 is 1.14 bits per heavy atom. The third-order valence-corrected chi connectivity index (χ3v) is 9.43. The number of nitrogens with one attached hydrogen (secondary N) is 2. The molecule has 3 amide bonds. The molecular formula is C23H26ClN3O6S2. The van der Waals surface area contributed by atoms with E-state index in [-0.39, 0.29) is 23.6 Å². The molecule has 0 spiro atoms. The number of imide groups is 1. The van der Waals surface area contributed by atoms with E-state index in [1.165, 1.54) is 39.9 Å². The standard InChI is InChI=1S/C23H26ClN3O6S2/c1-2-33-23(30)26-21(29)19-16-6-3-4-8-18(16)34-22(19)25-20(28)17-7-5-13-27(17)35(31,32)15-11-9-14(24)10-12-15/h9-12,17H,2-8,13H2,1H3,(H,25,28)(H,26,29,30). The van der Waals surface area contributed by atoms with Crippen molar-refractivity contribution < 1.29 is 27.5 Å². The van der Waals surface area contributed by atoms with Crippen LogP contribution in [0.15, 0.2) is 29.2 Å². The highest BCUT2D eigenvalue weighted by atomic mass is 35.5. The number of nitrogens with zero attached hydrogens (tertiary/aromatic N) is 1. The number of hydrogen-bond donors (Lipinski definition) is 2. The van der Waals surface area contributed by atoms with Crippen LogP contribution >= 0.6 is 22.9 Å². The van der Waals surface area contributed by atoms with Crippen LogP contribution in [-0.2, 0) is 32.4 Å². The number of amides is 3. The lowest BCUT2D eigenvalue weighted by molar-refractivity contribution is -0.119. The predicted molar refractivity (Wildman–Crippen MR) is 132 cm³/mol. The van der Waals surface area contributed by atoms with Crippen molar-refractivity contribution in [3.05, 3.63) is 45.3 Å². The van der Waals surface area contributed by atoms with E-state index in [0.717, 1.165) is 29.7 Å². The number of alkyl carbamates (subject to hydrolysis) is 1. The zero-order valence-electron chi connectivity index (χ0n) is 19.1. The molecule has 1 unspecified atom stereocenters. The number of hydrogen-bond acceptors (Lipinski definition) is 7. The molecule has 2 aliphatic rings. The Morgan fingerprint density at radius 3 is 2.57 bits per heavy atom. The van der Waals surface area contributed by atoms with Crippen molar-refractivity contribution in [2.45, 2.75) is 56.4 Å². The van der Waals surface area contributed by atoms with Gasteiger partial charge < -0.3 is 10.1 Å². The maximum absolute atomic E-state index is 13.3. The van der Waals surface area contributed by atoms with Crippen LogP contribution in [0.4, 0.5) is 9.80 Å². The van der Waals surface area contributed by atoms with E-state index in [4.69, 9.17) is 16.3 Å². The van der Waals surface area contributed by atoms with Crippen molar-refractivity contribution in [2.75, 3.05) is 18.5 Å². The van der Waals surface area contributed by atoms with Crippen molar-refractivity contribution in [1.82, 2.24) is 9.62 Å². The molecule has 9 nitrogen and oxygen atoms in total. The summed E-state index contributed by atoms with van der Waals surface area (Å²) in [5.74, 6) is -1.15. The Bertz CT molecular complexity index is 1240. The minimum absolute atomic E-state index is 0.0580. The molecule has 2 aromatic rings. The van der Waals surface area contributed by atoms with Crippen molar-refractivity contribution in [2.24, 2.45) is 0 Å². The maximum Gasteiger partial charge on any atom is 0.414 e. The first-order chi connectivity index (χ1) is 16.7. The van der Waals surface area contributed by atoms with Gasteiger partial charge in [0.25, 0.3) is 5.91 Å². The number of aryl methyl sites for hydroxylation is 1. The highest BCUT2D eigenvalue weighted by molar-refractivity contribution is 7.89. The summed E-state index contributed by atoms with van der Waals surface area (Å²) in [7, 11) is -3.92. The van der Waals surface area contributed by atoms with E-state index in [9.17, 15) is 22.8 Å². The van der Waals surface area contributed by atoms with E-state index < -0.39 is 34.0 Å². The quantitative estimate of drug-likeness (QED) is 0.573. The Morgan fingerprint density at radius 2 is 1.86 bits per heavy atom. The summed E-state index contributed by atoms with van der Waals surface area (Å²) < 4.78 is 32.5. The van der Waals surface area contributed by atoms with Gasteiger partial charge in [0.05, 0.1) is 17.1 Å². The van der Waals surface area contributed by atoms with Gasteiger partial charge >= 0.3 is 6.09 Å². The van der Waals surface area contributed by atoms with Crippen LogP contribution in [-0.4, -0.2) is 49.8 Å². The summed E-state index contributed by atoms with van der Waals surface area (Å²) in [6, 6.07) is 4.89. The molecule has 0 radical (unpaired) electrons. The Labute approximate surface area is 212 Å². The molecular weight excluding hydrogens is 514 g/mol. The van der Waals surface area contributed by atoms with Gasteiger partial charge in [-0.15, -0.1) is 11.3 Å². The van der Waals surface area contributed by atoms with E-state index >= 15 is 0 Å². The third-order valence-electron chi connectivity index (χ3n) is 6.05. The molecule has 4 rings (SSSR count). The smallest absolute Gasteiger partial charge is 0.414 e. The summed E-state index contributed by atoms with van der Waals surface area (Å²) in [5, 5.41) is 5.74. The van der Waals surface area contributed by atoms with Crippen LogP contribution in [0.25, 0.3) is 0 Å². The number of halogens is 1. The lowest BCUT2D eigenvalue weighted by atomic mass is 9.95. The van der Waals surface area contributed by atoms with Crippen LogP contribution in [0, 0.1) is 0 Å². The topological polar surface area (TPSA) is 122 Å². The summed E-state index contributed by atoms with van der Waals surface area (Å²) in [6.45, 7) is 1.96. The van der Waals surface area contributed by atoms with Gasteiger partial charge in [-0.3, -0.25) is 14.9 Å². The minimum atomic E-state index is -3.92. The number of rotatable bonds is 6. The first kappa shape index (κ1) is 25.6. The Balaban J connectivity index is 1.59. The SMILES string of the molecule is CCOC(=O)NC(=O)c1c(NC(=O)C2CCCN2S(=O)(=O)c2ccc(Cl)cc2)sc2c1CCCC2. The Hall–Kier alpha value is -2.47. The van der Waals surface area contributed by atoms with Crippen molar-refractivity contribution in [3.8, 4) is 0 Å². The van der Waals surface area contributed by atoms with E-state index in [2.05, 4.69) is 10.6 Å². The van der Waals surface area contributed by atoms with E-state index in [1.54, 1.807) is 6.92 Å². The third kappa shape index (κ3) is 5.37. The molecule has 188 valence electrons. The largest absolute Gasteiger partial charge is 0.450 e. The average molecular weight is 540 g/mol. The van der Waals surface area contributed by atoms with Gasteiger partial charge in [0, 0.05) is 16.4 Å². The van der Waals surface area contributed by atoms with Crippen molar-refractivity contribution >= 4 is 55.9 Å². The molecule has 1 fully saturated rings. The first-order valence-corrected chi connectivity index (χ1v) is 14.1. The minimum Gasteiger partial charge on any atom is -0.450 e. The molecule has 1 aromatic carbocycles. The fourth-order valence-corrected chi connectivity index (χ4v) is 7.52. The van der Waals surface area contributed by atoms with Crippen LogP contribution < -0.4 is 10.6 Å². The van der Waals surface area contributed by atoms with Gasteiger partial charge in [-0.05, 0) is 75.3 Å². The summed E-state index contributed by atoms with van der Waals surface area (Å²) in [5.41, 5.74) is 1.06. The van der Waals surface area contributed by atoms with Crippen molar-refractivity contribution in [1.29, 1.82) is 0 Å². The zero-order chi connectivity index (χ0) is 25.2. The molecule has 2 N–H and O–H groups in total. The predicted octanol–water partition coefficient (Wildman–Crippen LogP) is 3.96. The second kappa shape index (κ2) is 10.7.